The number of carbonyl (C=O) groups is 3. The Balaban J connectivity index is 1.73. The van der Waals surface area contributed by atoms with Crippen molar-refractivity contribution in [3.63, 3.8) is 0 Å². The Hall–Kier alpha value is -2.19. The first-order valence-corrected chi connectivity index (χ1v) is 9.91. The molecule has 0 unspecified atom stereocenters. The van der Waals surface area contributed by atoms with Crippen molar-refractivity contribution < 1.29 is 23.9 Å². The van der Waals surface area contributed by atoms with E-state index in [1.54, 1.807) is 48.8 Å². The molecule has 0 bridgehead atoms. The highest BCUT2D eigenvalue weighted by molar-refractivity contribution is 6.35. The van der Waals surface area contributed by atoms with Gasteiger partial charge in [-0.15, -0.1) is 0 Å². The lowest BCUT2D eigenvalue weighted by molar-refractivity contribution is -0.140. The van der Waals surface area contributed by atoms with Gasteiger partial charge in [0.05, 0.1) is 5.02 Å². The van der Waals surface area contributed by atoms with E-state index in [1.165, 1.54) is 0 Å². The quantitative estimate of drug-likeness (QED) is 0.751. The smallest absolute Gasteiger partial charge is 0.408 e. The van der Waals surface area contributed by atoms with Gasteiger partial charge in [-0.1, -0.05) is 23.2 Å². The second-order valence-corrected chi connectivity index (χ2v) is 8.32. The molecule has 0 aliphatic carbocycles. The summed E-state index contributed by atoms with van der Waals surface area (Å²) in [6.07, 6.45) is -0.641. The Morgan fingerprint density at radius 2 is 1.62 bits per heavy atom. The number of halogens is 2. The molecule has 0 aromatic heterocycles. The van der Waals surface area contributed by atoms with Gasteiger partial charge in [-0.3, -0.25) is 9.59 Å². The van der Waals surface area contributed by atoms with Crippen molar-refractivity contribution in [1.29, 1.82) is 0 Å². The number of rotatable bonds is 5. The number of nitrogens with one attached hydrogen (secondary N) is 1. The van der Waals surface area contributed by atoms with E-state index < -0.39 is 11.7 Å². The highest BCUT2D eigenvalue weighted by Gasteiger charge is 2.25. The molecule has 160 valence electrons. The zero-order valence-electron chi connectivity index (χ0n) is 16.7. The van der Waals surface area contributed by atoms with Gasteiger partial charge in [0.15, 0.2) is 6.61 Å². The lowest BCUT2D eigenvalue weighted by Crippen LogP contribution is -2.53. The van der Waals surface area contributed by atoms with Crippen molar-refractivity contribution in [3.05, 3.63) is 28.2 Å². The third-order valence-electron chi connectivity index (χ3n) is 4.01. The molecule has 0 spiro atoms. The summed E-state index contributed by atoms with van der Waals surface area (Å²) in [5.41, 5.74) is -0.628. The molecule has 0 saturated carbocycles. The van der Waals surface area contributed by atoms with Crippen LogP contribution in [0.3, 0.4) is 0 Å². The minimum absolute atomic E-state index is 0.152. The van der Waals surface area contributed by atoms with Crippen LogP contribution in [0.1, 0.15) is 20.8 Å². The number of hydrogen-bond acceptors (Lipinski definition) is 5. The third-order valence-corrected chi connectivity index (χ3v) is 4.54. The van der Waals surface area contributed by atoms with Crippen LogP contribution in [0.5, 0.6) is 5.75 Å². The van der Waals surface area contributed by atoms with Gasteiger partial charge in [0.25, 0.3) is 5.91 Å². The predicted molar refractivity (Wildman–Crippen MR) is 109 cm³/mol. The van der Waals surface area contributed by atoms with Gasteiger partial charge in [-0.2, -0.15) is 0 Å². The van der Waals surface area contributed by atoms with Gasteiger partial charge in [-0.05, 0) is 39.0 Å². The molecule has 2 rings (SSSR count). The number of alkyl carbamates (subject to hydrolysis) is 1. The molecule has 1 N–H and O–H groups in total. The van der Waals surface area contributed by atoms with E-state index >= 15 is 0 Å². The van der Waals surface area contributed by atoms with E-state index in [4.69, 9.17) is 32.7 Å². The first kappa shape index (κ1) is 23.1. The number of hydrogen-bond donors (Lipinski definition) is 1. The van der Waals surface area contributed by atoms with Crippen LogP contribution < -0.4 is 10.1 Å². The first-order chi connectivity index (χ1) is 13.5. The summed E-state index contributed by atoms with van der Waals surface area (Å²) in [5.74, 6) is -0.0476. The average molecular weight is 446 g/mol. The van der Waals surface area contributed by atoms with Crippen LogP contribution in [0.25, 0.3) is 0 Å². The van der Waals surface area contributed by atoms with E-state index in [0.717, 1.165) is 0 Å². The van der Waals surface area contributed by atoms with Crippen molar-refractivity contribution in [2.75, 3.05) is 39.3 Å². The molecular weight excluding hydrogens is 421 g/mol. The normalized spacial score (nSPS) is 14.4. The SMILES string of the molecule is CC(C)(C)OC(=O)NCC(=O)N1CCN(C(=O)COc2ccc(Cl)cc2Cl)CC1. The highest BCUT2D eigenvalue weighted by Crippen LogP contribution is 2.27. The van der Waals surface area contributed by atoms with Gasteiger partial charge in [0.2, 0.25) is 5.91 Å². The van der Waals surface area contributed by atoms with Crippen LogP contribution in [0.15, 0.2) is 18.2 Å². The molecule has 10 heteroatoms. The average Bonchev–Trinajstić information content (AvgIpc) is 2.64. The molecule has 8 nitrogen and oxygen atoms in total. The van der Waals surface area contributed by atoms with E-state index in [2.05, 4.69) is 5.32 Å². The Labute approximate surface area is 180 Å². The van der Waals surface area contributed by atoms with Crippen LogP contribution in [-0.2, 0) is 14.3 Å². The molecule has 0 atom stereocenters. The number of benzene rings is 1. The summed E-state index contributed by atoms with van der Waals surface area (Å²) in [4.78, 5) is 39.4. The minimum atomic E-state index is -0.641. The molecular formula is C19H25Cl2N3O5. The summed E-state index contributed by atoms with van der Waals surface area (Å²) in [7, 11) is 0. The Morgan fingerprint density at radius 1 is 1.03 bits per heavy atom. The summed E-state index contributed by atoms with van der Waals surface area (Å²) in [6.45, 7) is 6.45. The van der Waals surface area contributed by atoms with Crippen molar-refractivity contribution in [3.8, 4) is 5.75 Å². The van der Waals surface area contributed by atoms with Gasteiger partial charge in [-0.25, -0.2) is 4.79 Å². The summed E-state index contributed by atoms with van der Waals surface area (Å²) in [6, 6.07) is 4.77. The van der Waals surface area contributed by atoms with Crippen molar-refractivity contribution in [2.24, 2.45) is 0 Å². The summed E-state index contributed by atoms with van der Waals surface area (Å²) >= 11 is 11.9. The Bertz CT molecular complexity index is 759. The number of piperazine rings is 1. The second kappa shape index (κ2) is 10.0. The van der Waals surface area contributed by atoms with Crippen LogP contribution in [0, 0.1) is 0 Å². The molecule has 1 aromatic rings. The van der Waals surface area contributed by atoms with Gasteiger partial charge in [0.1, 0.15) is 17.9 Å². The number of amides is 3. The second-order valence-electron chi connectivity index (χ2n) is 7.48. The maximum absolute atomic E-state index is 12.3. The van der Waals surface area contributed by atoms with Crippen molar-refractivity contribution in [1.82, 2.24) is 15.1 Å². The van der Waals surface area contributed by atoms with E-state index in [9.17, 15) is 14.4 Å². The lowest BCUT2D eigenvalue weighted by Gasteiger charge is -2.34. The van der Waals surface area contributed by atoms with Crippen LogP contribution in [-0.4, -0.2) is 72.6 Å². The van der Waals surface area contributed by atoms with Gasteiger partial charge >= 0.3 is 6.09 Å². The number of carbonyl (C=O) groups excluding carboxylic acids is 3. The highest BCUT2D eigenvalue weighted by atomic mass is 35.5. The topological polar surface area (TPSA) is 88.2 Å². The summed E-state index contributed by atoms with van der Waals surface area (Å²) in [5, 5.41) is 3.26. The molecule has 1 saturated heterocycles. The maximum atomic E-state index is 12.3. The van der Waals surface area contributed by atoms with Crippen LogP contribution >= 0.6 is 23.2 Å². The molecule has 1 aliphatic rings. The molecule has 0 radical (unpaired) electrons. The zero-order chi connectivity index (χ0) is 21.6. The van der Waals surface area contributed by atoms with Crippen molar-refractivity contribution in [2.45, 2.75) is 26.4 Å². The molecule has 1 aromatic carbocycles. The Morgan fingerprint density at radius 3 is 2.17 bits per heavy atom. The third kappa shape index (κ3) is 7.62. The van der Waals surface area contributed by atoms with E-state index in [1.807, 2.05) is 0 Å². The van der Waals surface area contributed by atoms with Crippen LogP contribution in [0.2, 0.25) is 10.0 Å². The van der Waals surface area contributed by atoms with E-state index in [-0.39, 0.29) is 25.0 Å². The van der Waals surface area contributed by atoms with E-state index in [0.29, 0.717) is 42.0 Å². The molecule has 1 fully saturated rings. The standard InChI is InChI=1S/C19H25Cl2N3O5/c1-19(2,3)29-18(27)22-11-16(25)23-6-8-24(9-7-23)17(26)12-28-15-5-4-13(20)10-14(15)21/h4-5,10H,6-9,11-12H2,1-3H3,(H,22,27). The predicted octanol–water partition coefficient (Wildman–Crippen LogP) is 2.57. The summed E-state index contributed by atoms with van der Waals surface area (Å²) < 4.78 is 10.6. The lowest BCUT2D eigenvalue weighted by atomic mass is 10.2. The minimum Gasteiger partial charge on any atom is -0.482 e. The monoisotopic (exact) mass is 445 g/mol. The molecule has 29 heavy (non-hydrogen) atoms. The fourth-order valence-corrected chi connectivity index (χ4v) is 3.07. The molecule has 1 heterocycles. The van der Waals surface area contributed by atoms with Crippen LogP contribution in [0.4, 0.5) is 4.79 Å². The maximum Gasteiger partial charge on any atom is 0.408 e. The molecule has 1 aliphatic heterocycles. The Kier molecular flexibility index (Phi) is 7.98. The fourth-order valence-electron chi connectivity index (χ4n) is 2.60. The number of nitrogens with zero attached hydrogens (tertiary/aromatic N) is 2. The largest absolute Gasteiger partial charge is 0.482 e. The van der Waals surface area contributed by atoms with Gasteiger partial charge in [0, 0.05) is 31.2 Å². The zero-order valence-corrected chi connectivity index (χ0v) is 18.2. The van der Waals surface area contributed by atoms with Gasteiger partial charge < -0.3 is 24.6 Å². The molecule has 3 amide bonds. The first-order valence-electron chi connectivity index (χ1n) is 9.15. The fraction of sp³-hybridized carbons (Fsp3) is 0.526. The number of ether oxygens (including phenoxy) is 2. The van der Waals surface area contributed by atoms with Crippen molar-refractivity contribution >= 4 is 41.1 Å².